The Balaban J connectivity index is 1.46. The number of pyridine rings is 1. The first-order valence-electron chi connectivity index (χ1n) is 8.19. The summed E-state index contributed by atoms with van der Waals surface area (Å²) < 4.78 is 0. The number of anilines is 1. The van der Waals surface area contributed by atoms with Gasteiger partial charge in [0.1, 0.15) is 0 Å². The Morgan fingerprint density at radius 1 is 1.30 bits per heavy atom. The van der Waals surface area contributed by atoms with Crippen LogP contribution in [0.25, 0.3) is 0 Å². The van der Waals surface area contributed by atoms with Gasteiger partial charge >= 0.3 is 0 Å². The Morgan fingerprint density at radius 3 is 3.00 bits per heavy atom. The lowest BCUT2D eigenvalue weighted by atomic mass is 10.1. The van der Waals surface area contributed by atoms with E-state index in [2.05, 4.69) is 46.4 Å². The number of carbonyl (C=O) groups is 1. The summed E-state index contributed by atoms with van der Waals surface area (Å²) in [5, 5.41) is 3.05. The number of nitrogens with zero attached hydrogens (tertiary/aromatic N) is 2. The minimum atomic E-state index is 0.0534. The van der Waals surface area contributed by atoms with Gasteiger partial charge in [-0.2, -0.15) is 0 Å². The molecule has 1 N–H and O–H groups in total. The van der Waals surface area contributed by atoms with Gasteiger partial charge in [0.2, 0.25) is 5.91 Å². The number of nitrogens with one attached hydrogen (secondary N) is 1. The van der Waals surface area contributed by atoms with Crippen LogP contribution < -0.4 is 10.2 Å². The topological polar surface area (TPSA) is 45.2 Å². The molecule has 2 aromatic rings. The molecule has 2 heterocycles. The van der Waals surface area contributed by atoms with Crippen LogP contribution in [0.4, 0.5) is 5.69 Å². The summed E-state index contributed by atoms with van der Waals surface area (Å²) in [6, 6.07) is 14.3. The number of benzene rings is 1. The molecule has 1 saturated heterocycles. The average Bonchev–Trinajstić information content (AvgIpc) is 3.03. The van der Waals surface area contributed by atoms with Gasteiger partial charge in [-0.15, -0.1) is 0 Å². The quantitative estimate of drug-likeness (QED) is 0.923. The lowest BCUT2D eigenvalue weighted by Crippen LogP contribution is -2.32. The maximum absolute atomic E-state index is 12.0. The van der Waals surface area contributed by atoms with Gasteiger partial charge in [-0.1, -0.05) is 18.2 Å². The molecular formula is C19H23N3O. The first-order valence-corrected chi connectivity index (χ1v) is 8.19. The van der Waals surface area contributed by atoms with Gasteiger partial charge < -0.3 is 10.2 Å². The fourth-order valence-corrected chi connectivity index (χ4v) is 3.05. The van der Waals surface area contributed by atoms with Crippen molar-refractivity contribution in [1.29, 1.82) is 0 Å². The van der Waals surface area contributed by atoms with Crippen LogP contribution in [-0.2, 0) is 11.2 Å². The zero-order valence-corrected chi connectivity index (χ0v) is 13.5. The predicted molar refractivity (Wildman–Crippen MR) is 92.4 cm³/mol. The smallest absolute Gasteiger partial charge is 0.226 e. The minimum absolute atomic E-state index is 0.0534. The number of hydrogen-bond acceptors (Lipinski definition) is 3. The highest BCUT2D eigenvalue weighted by atomic mass is 16.1. The van der Waals surface area contributed by atoms with E-state index in [-0.39, 0.29) is 5.91 Å². The molecule has 1 fully saturated rings. The summed E-state index contributed by atoms with van der Waals surface area (Å²) in [6.07, 6.45) is 3.20. The van der Waals surface area contributed by atoms with E-state index in [1.54, 1.807) is 6.20 Å². The molecule has 120 valence electrons. The van der Waals surface area contributed by atoms with Crippen LogP contribution in [0.3, 0.4) is 0 Å². The molecule has 0 spiro atoms. The molecule has 4 nitrogen and oxygen atoms in total. The molecule has 0 unspecified atom stereocenters. The van der Waals surface area contributed by atoms with Crippen molar-refractivity contribution >= 4 is 11.6 Å². The molecule has 4 heteroatoms. The van der Waals surface area contributed by atoms with Crippen LogP contribution >= 0.6 is 0 Å². The number of hydrogen-bond donors (Lipinski definition) is 1. The van der Waals surface area contributed by atoms with Gasteiger partial charge in [0, 0.05) is 37.2 Å². The molecule has 23 heavy (non-hydrogen) atoms. The van der Waals surface area contributed by atoms with Crippen LogP contribution in [0.2, 0.25) is 0 Å². The SMILES string of the molecule is Cc1cccc(N2CC[C@H](CNC(=O)Cc3ccccn3)C2)c1. The van der Waals surface area contributed by atoms with Crippen molar-refractivity contribution in [3.63, 3.8) is 0 Å². The summed E-state index contributed by atoms with van der Waals surface area (Å²) in [5.74, 6) is 0.570. The highest BCUT2D eigenvalue weighted by Crippen LogP contribution is 2.24. The zero-order chi connectivity index (χ0) is 16.1. The van der Waals surface area contributed by atoms with Crippen LogP contribution in [0.15, 0.2) is 48.7 Å². The normalized spacial score (nSPS) is 17.3. The van der Waals surface area contributed by atoms with Gasteiger partial charge in [-0.3, -0.25) is 9.78 Å². The zero-order valence-electron chi connectivity index (χ0n) is 13.5. The third-order valence-electron chi connectivity index (χ3n) is 4.31. The van der Waals surface area contributed by atoms with Crippen molar-refractivity contribution in [2.24, 2.45) is 5.92 Å². The first kappa shape index (κ1) is 15.5. The second-order valence-electron chi connectivity index (χ2n) is 6.24. The van der Waals surface area contributed by atoms with E-state index in [9.17, 15) is 4.79 Å². The number of amides is 1. The third kappa shape index (κ3) is 4.31. The van der Waals surface area contributed by atoms with E-state index >= 15 is 0 Å². The Kier molecular flexibility index (Phi) is 4.91. The molecule has 3 rings (SSSR count). The molecule has 1 aromatic heterocycles. The Bertz CT molecular complexity index is 657. The van der Waals surface area contributed by atoms with E-state index in [0.29, 0.717) is 12.3 Å². The summed E-state index contributed by atoms with van der Waals surface area (Å²) in [5.41, 5.74) is 3.39. The van der Waals surface area contributed by atoms with Crippen molar-refractivity contribution < 1.29 is 4.79 Å². The van der Waals surface area contributed by atoms with Gasteiger partial charge in [0.15, 0.2) is 0 Å². The lowest BCUT2D eigenvalue weighted by molar-refractivity contribution is -0.120. The molecule has 1 amide bonds. The van der Waals surface area contributed by atoms with E-state index in [0.717, 1.165) is 31.7 Å². The fraction of sp³-hybridized carbons (Fsp3) is 0.368. The van der Waals surface area contributed by atoms with Crippen molar-refractivity contribution in [3.8, 4) is 0 Å². The average molecular weight is 309 g/mol. The Hall–Kier alpha value is -2.36. The highest BCUT2D eigenvalue weighted by molar-refractivity contribution is 5.78. The lowest BCUT2D eigenvalue weighted by Gasteiger charge is -2.19. The molecule has 1 atom stereocenters. The second kappa shape index (κ2) is 7.27. The monoisotopic (exact) mass is 309 g/mol. The van der Waals surface area contributed by atoms with Gasteiger partial charge in [0.05, 0.1) is 6.42 Å². The highest BCUT2D eigenvalue weighted by Gasteiger charge is 2.23. The number of rotatable bonds is 5. The van der Waals surface area contributed by atoms with E-state index in [1.165, 1.54) is 11.3 Å². The summed E-state index contributed by atoms with van der Waals surface area (Å²) in [6.45, 7) is 4.93. The minimum Gasteiger partial charge on any atom is -0.371 e. The Labute approximate surface area is 137 Å². The van der Waals surface area contributed by atoms with Crippen molar-refractivity contribution in [2.75, 3.05) is 24.5 Å². The molecule has 1 aliphatic heterocycles. The predicted octanol–water partition coefficient (Wildman–Crippen LogP) is 2.58. The second-order valence-corrected chi connectivity index (χ2v) is 6.24. The molecule has 1 aliphatic rings. The molecule has 0 aliphatic carbocycles. The largest absolute Gasteiger partial charge is 0.371 e. The molecule has 0 bridgehead atoms. The fourth-order valence-electron chi connectivity index (χ4n) is 3.05. The van der Waals surface area contributed by atoms with Gasteiger partial charge in [-0.25, -0.2) is 0 Å². The van der Waals surface area contributed by atoms with Crippen LogP contribution in [0.1, 0.15) is 17.7 Å². The number of aromatic nitrogens is 1. The summed E-state index contributed by atoms with van der Waals surface area (Å²) >= 11 is 0. The Morgan fingerprint density at radius 2 is 2.22 bits per heavy atom. The van der Waals surface area contributed by atoms with E-state index < -0.39 is 0 Å². The van der Waals surface area contributed by atoms with Crippen LogP contribution in [0, 0.1) is 12.8 Å². The number of carbonyl (C=O) groups excluding carboxylic acids is 1. The van der Waals surface area contributed by atoms with Crippen molar-refractivity contribution in [2.45, 2.75) is 19.8 Å². The van der Waals surface area contributed by atoms with E-state index in [4.69, 9.17) is 0 Å². The van der Waals surface area contributed by atoms with Crippen LogP contribution in [0.5, 0.6) is 0 Å². The first-order chi connectivity index (χ1) is 11.2. The van der Waals surface area contributed by atoms with Crippen LogP contribution in [-0.4, -0.2) is 30.5 Å². The molecule has 0 saturated carbocycles. The molecule has 0 radical (unpaired) electrons. The molecule has 1 aromatic carbocycles. The molecular weight excluding hydrogens is 286 g/mol. The maximum Gasteiger partial charge on any atom is 0.226 e. The third-order valence-corrected chi connectivity index (χ3v) is 4.31. The summed E-state index contributed by atoms with van der Waals surface area (Å²) in [4.78, 5) is 18.6. The van der Waals surface area contributed by atoms with E-state index in [1.807, 2.05) is 18.2 Å². The van der Waals surface area contributed by atoms with Gasteiger partial charge in [-0.05, 0) is 49.1 Å². The van der Waals surface area contributed by atoms with Crippen molar-refractivity contribution in [1.82, 2.24) is 10.3 Å². The summed E-state index contributed by atoms with van der Waals surface area (Å²) in [7, 11) is 0. The number of aryl methyl sites for hydroxylation is 1. The van der Waals surface area contributed by atoms with Crippen molar-refractivity contribution in [3.05, 3.63) is 59.9 Å². The van der Waals surface area contributed by atoms with Gasteiger partial charge in [0.25, 0.3) is 0 Å². The standard InChI is InChI=1S/C19H23N3O/c1-15-5-4-7-18(11-15)22-10-8-16(14-22)13-21-19(23)12-17-6-2-3-9-20-17/h2-7,9,11,16H,8,10,12-14H2,1H3,(H,21,23)/t16-/m1/s1. The maximum atomic E-state index is 12.0.